The van der Waals surface area contributed by atoms with E-state index in [0.29, 0.717) is 0 Å². The molecule has 0 radical (unpaired) electrons. The molecule has 1 aromatic rings. The summed E-state index contributed by atoms with van der Waals surface area (Å²) < 4.78 is 26.5. The normalized spacial score (nSPS) is 13.0. The standard InChI is InChI=1S/C10H15F2N3O2/c1-3-4-6(2)5-15-8(9(11)12)7(10(16)17)13-14-15/h6,9H,3-5H2,1-2H3,(H,16,17). The third-order valence-corrected chi connectivity index (χ3v) is 2.45. The van der Waals surface area contributed by atoms with Crippen LogP contribution in [0.25, 0.3) is 0 Å². The maximum absolute atomic E-state index is 12.8. The zero-order valence-corrected chi connectivity index (χ0v) is 9.73. The van der Waals surface area contributed by atoms with Crippen molar-refractivity contribution in [1.29, 1.82) is 0 Å². The van der Waals surface area contributed by atoms with Gasteiger partial charge >= 0.3 is 5.97 Å². The summed E-state index contributed by atoms with van der Waals surface area (Å²) in [5.41, 5.74) is -1.27. The Hall–Kier alpha value is -1.53. The fraction of sp³-hybridized carbons (Fsp3) is 0.700. The SMILES string of the molecule is CCCC(C)Cn1nnc(C(=O)O)c1C(F)F. The highest BCUT2D eigenvalue weighted by Gasteiger charge is 2.26. The average molecular weight is 247 g/mol. The highest BCUT2D eigenvalue weighted by Crippen LogP contribution is 2.22. The van der Waals surface area contributed by atoms with E-state index in [1.54, 1.807) is 0 Å². The van der Waals surface area contributed by atoms with Gasteiger partial charge in [-0.05, 0) is 12.3 Å². The number of hydrogen-bond donors (Lipinski definition) is 1. The molecule has 5 nitrogen and oxygen atoms in total. The molecular formula is C10H15F2N3O2. The minimum Gasteiger partial charge on any atom is -0.476 e. The first kappa shape index (κ1) is 13.5. The Morgan fingerprint density at radius 2 is 2.18 bits per heavy atom. The van der Waals surface area contributed by atoms with Gasteiger partial charge in [0, 0.05) is 6.54 Å². The van der Waals surface area contributed by atoms with Crippen LogP contribution < -0.4 is 0 Å². The average Bonchev–Trinajstić information content (AvgIpc) is 2.61. The van der Waals surface area contributed by atoms with Crippen LogP contribution in [-0.4, -0.2) is 26.1 Å². The zero-order valence-electron chi connectivity index (χ0n) is 9.73. The molecule has 0 aliphatic rings. The van der Waals surface area contributed by atoms with E-state index < -0.39 is 23.8 Å². The lowest BCUT2D eigenvalue weighted by atomic mass is 10.1. The lowest BCUT2D eigenvalue weighted by Crippen LogP contribution is -2.13. The molecule has 0 bridgehead atoms. The molecule has 0 aromatic carbocycles. The molecule has 0 amide bonds. The molecule has 1 aromatic heterocycles. The number of carbonyl (C=O) groups is 1. The van der Waals surface area contributed by atoms with E-state index >= 15 is 0 Å². The third-order valence-electron chi connectivity index (χ3n) is 2.45. The molecule has 1 rings (SSSR count). The van der Waals surface area contributed by atoms with Crippen molar-refractivity contribution in [1.82, 2.24) is 15.0 Å². The molecule has 96 valence electrons. The maximum Gasteiger partial charge on any atom is 0.358 e. The molecule has 1 heterocycles. The van der Waals surface area contributed by atoms with E-state index in [9.17, 15) is 13.6 Å². The number of rotatable bonds is 6. The Labute approximate surface area is 97.4 Å². The fourth-order valence-corrected chi connectivity index (χ4v) is 1.70. The molecule has 7 heteroatoms. The van der Waals surface area contributed by atoms with Gasteiger partial charge in [0.1, 0.15) is 5.69 Å². The van der Waals surface area contributed by atoms with E-state index in [1.807, 2.05) is 13.8 Å². The van der Waals surface area contributed by atoms with Crippen molar-refractivity contribution in [3.05, 3.63) is 11.4 Å². The molecule has 0 saturated heterocycles. The summed E-state index contributed by atoms with van der Waals surface area (Å²) in [6, 6.07) is 0. The molecule has 0 saturated carbocycles. The van der Waals surface area contributed by atoms with Gasteiger partial charge in [-0.15, -0.1) is 5.10 Å². The van der Waals surface area contributed by atoms with Crippen molar-refractivity contribution < 1.29 is 18.7 Å². The molecule has 1 atom stereocenters. The second-order valence-corrected chi connectivity index (χ2v) is 4.01. The first-order valence-electron chi connectivity index (χ1n) is 5.42. The quantitative estimate of drug-likeness (QED) is 0.837. The molecule has 0 aliphatic carbocycles. The van der Waals surface area contributed by atoms with E-state index in [2.05, 4.69) is 10.3 Å². The number of aromatic nitrogens is 3. The fourth-order valence-electron chi connectivity index (χ4n) is 1.70. The second-order valence-electron chi connectivity index (χ2n) is 4.01. The highest BCUT2D eigenvalue weighted by molar-refractivity contribution is 5.86. The molecule has 17 heavy (non-hydrogen) atoms. The van der Waals surface area contributed by atoms with Crippen LogP contribution >= 0.6 is 0 Å². The molecule has 0 fully saturated rings. The van der Waals surface area contributed by atoms with Gasteiger partial charge in [-0.3, -0.25) is 0 Å². The molecule has 1 N–H and O–H groups in total. The minimum atomic E-state index is -2.88. The van der Waals surface area contributed by atoms with Crippen LogP contribution in [0.1, 0.15) is 49.3 Å². The van der Waals surface area contributed by atoms with Crippen LogP contribution in [0.4, 0.5) is 8.78 Å². The van der Waals surface area contributed by atoms with Gasteiger partial charge < -0.3 is 5.11 Å². The molecule has 0 spiro atoms. The van der Waals surface area contributed by atoms with E-state index in [1.165, 1.54) is 0 Å². The van der Waals surface area contributed by atoms with Crippen molar-refractivity contribution in [2.45, 2.75) is 39.7 Å². The third kappa shape index (κ3) is 3.21. The monoisotopic (exact) mass is 247 g/mol. The lowest BCUT2D eigenvalue weighted by Gasteiger charge is -2.11. The van der Waals surface area contributed by atoms with Crippen LogP contribution in [0.2, 0.25) is 0 Å². The topological polar surface area (TPSA) is 68.0 Å². The Bertz CT molecular complexity index is 393. The number of hydrogen-bond acceptors (Lipinski definition) is 3. The van der Waals surface area contributed by atoms with Crippen LogP contribution in [0.15, 0.2) is 0 Å². The number of nitrogens with zero attached hydrogens (tertiary/aromatic N) is 3. The largest absolute Gasteiger partial charge is 0.476 e. The number of aromatic carboxylic acids is 1. The lowest BCUT2D eigenvalue weighted by molar-refractivity contribution is 0.0675. The smallest absolute Gasteiger partial charge is 0.358 e. The van der Waals surface area contributed by atoms with Crippen LogP contribution in [0.5, 0.6) is 0 Å². The van der Waals surface area contributed by atoms with Crippen LogP contribution in [-0.2, 0) is 6.54 Å². The molecule has 0 aliphatic heterocycles. The van der Waals surface area contributed by atoms with Crippen molar-refractivity contribution >= 4 is 5.97 Å². The summed E-state index contributed by atoms with van der Waals surface area (Å²) in [4.78, 5) is 10.7. The maximum atomic E-state index is 12.8. The Balaban J connectivity index is 2.96. The van der Waals surface area contributed by atoms with Gasteiger partial charge in [-0.2, -0.15) is 0 Å². The van der Waals surface area contributed by atoms with Crippen molar-refractivity contribution in [3.63, 3.8) is 0 Å². The van der Waals surface area contributed by atoms with Crippen molar-refractivity contribution in [2.75, 3.05) is 0 Å². The van der Waals surface area contributed by atoms with Crippen molar-refractivity contribution in [2.24, 2.45) is 5.92 Å². The second kappa shape index (κ2) is 5.70. The Morgan fingerprint density at radius 1 is 1.53 bits per heavy atom. The Morgan fingerprint density at radius 3 is 2.65 bits per heavy atom. The first-order valence-corrected chi connectivity index (χ1v) is 5.42. The number of carboxylic acid groups (broad SMARTS) is 1. The van der Waals surface area contributed by atoms with Crippen LogP contribution in [0.3, 0.4) is 0 Å². The van der Waals surface area contributed by atoms with Gasteiger partial charge in [-0.1, -0.05) is 25.5 Å². The van der Waals surface area contributed by atoms with Crippen molar-refractivity contribution in [3.8, 4) is 0 Å². The van der Waals surface area contributed by atoms with Gasteiger partial charge in [0.05, 0.1) is 0 Å². The summed E-state index contributed by atoms with van der Waals surface area (Å²) >= 11 is 0. The van der Waals surface area contributed by atoms with E-state index in [0.717, 1.165) is 17.5 Å². The highest BCUT2D eigenvalue weighted by atomic mass is 19.3. The zero-order chi connectivity index (χ0) is 13.0. The number of carboxylic acids is 1. The summed E-state index contributed by atoms with van der Waals surface area (Å²) in [7, 11) is 0. The minimum absolute atomic E-state index is 0.154. The molecule has 1 unspecified atom stereocenters. The molecular weight excluding hydrogens is 232 g/mol. The summed E-state index contributed by atoms with van der Waals surface area (Å²) in [6.07, 6.45) is -1.08. The Kier molecular flexibility index (Phi) is 4.53. The van der Waals surface area contributed by atoms with Gasteiger partial charge in [0.15, 0.2) is 5.69 Å². The van der Waals surface area contributed by atoms with Crippen LogP contribution in [0, 0.1) is 5.92 Å². The van der Waals surface area contributed by atoms with Gasteiger partial charge in [0.2, 0.25) is 0 Å². The predicted octanol–water partition coefficient (Wildman–Crippen LogP) is 2.35. The van der Waals surface area contributed by atoms with Gasteiger partial charge in [0.25, 0.3) is 6.43 Å². The summed E-state index contributed by atoms with van der Waals surface area (Å²) in [5.74, 6) is -1.32. The van der Waals surface area contributed by atoms with E-state index in [4.69, 9.17) is 5.11 Å². The number of halogens is 2. The van der Waals surface area contributed by atoms with Gasteiger partial charge in [-0.25, -0.2) is 18.3 Å². The first-order chi connectivity index (χ1) is 7.97. The summed E-state index contributed by atoms with van der Waals surface area (Å²) in [5, 5.41) is 15.5. The number of alkyl halides is 2. The predicted molar refractivity (Wildman–Crippen MR) is 56.0 cm³/mol. The van der Waals surface area contributed by atoms with E-state index in [-0.39, 0.29) is 12.5 Å². The summed E-state index contributed by atoms with van der Waals surface area (Å²) in [6.45, 7) is 4.16.